The van der Waals surface area contributed by atoms with Crippen LogP contribution in [0.4, 0.5) is 0 Å². The minimum atomic E-state index is -3.01. The molecule has 5 nitrogen and oxygen atoms in total. The largest absolute Gasteiger partial charge is 0.493 e. The van der Waals surface area contributed by atoms with Crippen LogP contribution in [0, 0.1) is 0 Å². The van der Waals surface area contributed by atoms with Crippen molar-refractivity contribution in [2.45, 2.75) is 25.4 Å². The van der Waals surface area contributed by atoms with Crippen molar-refractivity contribution in [1.29, 1.82) is 0 Å². The van der Waals surface area contributed by atoms with Crippen LogP contribution in [-0.4, -0.2) is 40.2 Å². The van der Waals surface area contributed by atoms with Gasteiger partial charge in [0.05, 0.1) is 25.7 Å². The van der Waals surface area contributed by atoms with E-state index in [1.165, 1.54) is 0 Å². The van der Waals surface area contributed by atoms with Crippen molar-refractivity contribution in [3.63, 3.8) is 0 Å². The van der Waals surface area contributed by atoms with Gasteiger partial charge in [-0.25, -0.2) is 8.42 Å². The lowest BCUT2D eigenvalue weighted by Crippen LogP contribution is -2.46. The first-order valence-electron chi connectivity index (χ1n) is 6.67. The van der Waals surface area contributed by atoms with Crippen molar-refractivity contribution in [3.8, 4) is 11.5 Å². The molecule has 0 aliphatic carbocycles. The lowest BCUT2D eigenvalue weighted by Gasteiger charge is -2.31. The number of benzene rings is 1. The van der Waals surface area contributed by atoms with E-state index >= 15 is 0 Å². The second-order valence-electron chi connectivity index (χ2n) is 5.02. The molecule has 2 unspecified atom stereocenters. The second-order valence-corrected chi connectivity index (χ2v) is 7.17. The average Bonchev–Trinajstić information content (AvgIpc) is 2.44. The first-order valence-corrected chi connectivity index (χ1v) is 8.49. The van der Waals surface area contributed by atoms with Gasteiger partial charge < -0.3 is 14.8 Å². The van der Waals surface area contributed by atoms with Crippen molar-refractivity contribution in [2.75, 3.05) is 25.7 Å². The lowest BCUT2D eigenvalue weighted by molar-refractivity contribution is 0.353. The van der Waals surface area contributed by atoms with Crippen molar-refractivity contribution in [1.82, 2.24) is 5.32 Å². The predicted molar refractivity (Wildman–Crippen MR) is 78.2 cm³/mol. The van der Waals surface area contributed by atoms with Crippen molar-refractivity contribution >= 4 is 9.84 Å². The summed E-state index contributed by atoms with van der Waals surface area (Å²) in [7, 11) is 0.137. The SMILES string of the molecule is CCC1CS(=O)(=O)CC(c2ccc(OC)c(OC)c2)N1. The number of ether oxygens (including phenoxy) is 2. The molecular weight excluding hydrogens is 278 g/mol. The number of nitrogens with one attached hydrogen (secondary N) is 1. The zero-order chi connectivity index (χ0) is 14.8. The quantitative estimate of drug-likeness (QED) is 0.913. The van der Waals surface area contributed by atoms with E-state index in [0.717, 1.165) is 12.0 Å². The standard InChI is InChI=1S/C14H21NO4S/c1-4-11-8-20(16,17)9-12(15-11)10-5-6-13(18-2)14(7-10)19-3/h5-7,11-12,15H,4,8-9H2,1-3H3. The monoisotopic (exact) mass is 299 g/mol. The number of rotatable bonds is 4. The number of methoxy groups -OCH3 is 2. The number of hydrogen-bond donors (Lipinski definition) is 1. The second kappa shape index (κ2) is 6.01. The van der Waals surface area contributed by atoms with Crippen LogP contribution in [0.15, 0.2) is 18.2 Å². The van der Waals surface area contributed by atoms with E-state index in [9.17, 15) is 8.42 Å². The molecule has 20 heavy (non-hydrogen) atoms. The predicted octanol–water partition coefficient (Wildman–Crippen LogP) is 1.54. The van der Waals surface area contributed by atoms with Gasteiger partial charge in [0.15, 0.2) is 21.3 Å². The number of sulfone groups is 1. The molecule has 1 aliphatic rings. The number of hydrogen-bond acceptors (Lipinski definition) is 5. The van der Waals surface area contributed by atoms with Crippen LogP contribution < -0.4 is 14.8 Å². The van der Waals surface area contributed by atoms with E-state index in [-0.39, 0.29) is 23.6 Å². The lowest BCUT2D eigenvalue weighted by atomic mass is 10.1. The van der Waals surface area contributed by atoms with Gasteiger partial charge in [-0.1, -0.05) is 13.0 Å². The highest BCUT2D eigenvalue weighted by Crippen LogP contribution is 2.31. The summed E-state index contributed by atoms with van der Waals surface area (Å²) in [4.78, 5) is 0. The fourth-order valence-corrected chi connectivity index (χ4v) is 4.38. The topological polar surface area (TPSA) is 64.6 Å². The molecule has 2 rings (SSSR count). The van der Waals surface area contributed by atoms with Gasteiger partial charge in [-0.05, 0) is 24.1 Å². The summed E-state index contributed by atoms with van der Waals surface area (Å²) in [5.41, 5.74) is 0.907. The van der Waals surface area contributed by atoms with Gasteiger partial charge in [-0.3, -0.25) is 0 Å². The van der Waals surface area contributed by atoms with E-state index < -0.39 is 9.84 Å². The van der Waals surface area contributed by atoms with Crippen molar-refractivity contribution < 1.29 is 17.9 Å². The third kappa shape index (κ3) is 3.24. The van der Waals surface area contributed by atoms with E-state index in [2.05, 4.69) is 5.32 Å². The summed E-state index contributed by atoms with van der Waals surface area (Å²) in [5, 5.41) is 3.39. The van der Waals surface area contributed by atoms with Gasteiger partial charge >= 0.3 is 0 Å². The van der Waals surface area contributed by atoms with Crippen LogP contribution in [-0.2, 0) is 9.84 Å². The zero-order valence-corrected chi connectivity index (χ0v) is 12.9. The van der Waals surface area contributed by atoms with E-state index in [0.29, 0.717) is 11.5 Å². The van der Waals surface area contributed by atoms with Gasteiger partial charge in [0.1, 0.15) is 0 Å². The third-order valence-corrected chi connectivity index (χ3v) is 5.37. The normalized spacial score (nSPS) is 25.1. The maximum atomic E-state index is 12.0. The highest BCUT2D eigenvalue weighted by Gasteiger charge is 2.31. The summed E-state index contributed by atoms with van der Waals surface area (Å²) in [6, 6.07) is 5.33. The summed E-state index contributed by atoms with van der Waals surface area (Å²) < 4.78 is 34.4. The molecule has 0 radical (unpaired) electrons. The third-order valence-electron chi connectivity index (χ3n) is 3.62. The molecule has 1 aliphatic heterocycles. The Kier molecular flexibility index (Phi) is 4.55. The Labute approximate surface area is 120 Å². The molecule has 0 saturated carbocycles. The molecule has 2 atom stereocenters. The summed E-state index contributed by atoms with van der Waals surface area (Å²) in [6.45, 7) is 1.99. The van der Waals surface area contributed by atoms with Gasteiger partial charge in [0.2, 0.25) is 0 Å². The van der Waals surface area contributed by atoms with E-state index in [1.54, 1.807) is 20.3 Å². The molecule has 0 aromatic heterocycles. The highest BCUT2D eigenvalue weighted by atomic mass is 32.2. The minimum Gasteiger partial charge on any atom is -0.493 e. The van der Waals surface area contributed by atoms with Crippen LogP contribution in [0.5, 0.6) is 11.5 Å². The van der Waals surface area contributed by atoms with Crippen LogP contribution in [0.25, 0.3) is 0 Å². The Morgan fingerprint density at radius 1 is 1.20 bits per heavy atom. The Morgan fingerprint density at radius 3 is 2.50 bits per heavy atom. The molecular formula is C14H21NO4S. The Hall–Kier alpha value is -1.27. The summed E-state index contributed by atoms with van der Waals surface area (Å²) >= 11 is 0. The fraction of sp³-hybridized carbons (Fsp3) is 0.571. The molecule has 1 saturated heterocycles. The molecule has 1 aromatic rings. The van der Waals surface area contributed by atoms with Gasteiger partial charge in [-0.15, -0.1) is 0 Å². The highest BCUT2D eigenvalue weighted by molar-refractivity contribution is 7.91. The maximum Gasteiger partial charge on any atom is 0.161 e. The molecule has 112 valence electrons. The minimum absolute atomic E-state index is 0.00634. The van der Waals surface area contributed by atoms with Gasteiger partial charge in [0.25, 0.3) is 0 Å². The molecule has 0 bridgehead atoms. The fourth-order valence-electron chi connectivity index (χ4n) is 2.51. The van der Waals surface area contributed by atoms with Crippen LogP contribution in [0.2, 0.25) is 0 Å². The molecule has 1 N–H and O–H groups in total. The van der Waals surface area contributed by atoms with E-state index in [1.807, 2.05) is 19.1 Å². The molecule has 6 heteroatoms. The molecule has 0 spiro atoms. The average molecular weight is 299 g/mol. The van der Waals surface area contributed by atoms with Gasteiger partial charge in [-0.2, -0.15) is 0 Å². The van der Waals surface area contributed by atoms with Crippen molar-refractivity contribution in [2.24, 2.45) is 0 Å². The molecule has 1 heterocycles. The first kappa shape index (κ1) is 15.1. The Morgan fingerprint density at radius 2 is 1.90 bits per heavy atom. The Bertz CT molecular complexity index is 571. The molecule has 0 amide bonds. The molecule has 1 aromatic carbocycles. The Balaban J connectivity index is 2.30. The summed E-state index contributed by atoms with van der Waals surface area (Å²) in [6.07, 6.45) is 0.795. The van der Waals surface area contributed by atoms with Gasteiger partial charge in [0, 0.05) is 12.1 Å². The van der Waals surface area contributed by atoms with Crippen LogP contribution in [0.3, 0.4) is 0 Å². The van der Waals surface area contributed by atoms with E-state index in [4.69, 9.17) is 9.47 Å². The maximum absolute atomic E-state index is 12.0. The first-order chi connectivity index (χ1) is 9.49. The van der Waals surface area contributed by atoms with Crippen LogP contribution in [0.1, 0.15) is 24.9 Å². The van der Waals surface area contributed by atoms with Crippen LogP contribution >= 0.6 is 0 Å². The molecule has 1 fully saturated rings. The smallest absolute Gasteiger partial charge is 0.161 e. The van der Waals surface area contributed by atoms with Crippen molar-refractivity contribution in [3.05, 3.63) is 23.8 Å². The summed E-state index contributed by atoms with van der Waals surface area (Å²) in [5.74, 6) is 1.59. The zero-order valence-electron chi connectivity index (χ0n) is 12.0.